The van der Waals surface area contributed by atoms with Crippen LogP contribution in [0.4, 0.5) is 5.69 Å². The predicted octanol–water partition coefficient (Wildman–Crippen LogP) is 4.52. The van der Waals surface area contributed by atoms with Crippen molar-refractivity contribution in [3.63, 3.8) is 0 Å². The molecule has 0 fully saturated rings. The lowest BCUT2D eigenvalue weighted by molar-refractivity contribution is 0.102. The van der Waals surface area contributed by atoms with Crippen LogP contribution in [0, 0.1) is 13.8 Å². The van der Waals surface area contributed by atoms with E-state index in [1.807, 2.05) is 56.3 Å². The number of hydrogen-bond donors (Lipinski definition) is 1. The molecule has 6 heteroatoms. The Morgan fingerprint density at radius 3 is 2.47 bits per heavy atom. The Morgan fingerprint density at radius 1 is 1.00 bits per heavy atom. The molecule has 0 aliphatic rings. The lowest BCUT2D eigenvalue weighted by Crippen LogP contribution is -2.16. The molecule has 152 valence electrons. The highest BCUT2D eigenvalue weighted by molar-refractivity contribution is 6.06. The summed E-state index contributed by atoms with van der Waals surface area (Å²) in [6, 6.07) is 18.5. The van der Waals surface area contributed by atoms with Crippen molar-refractivity contribution in [2.24, 2.45) is 0 Å². The second-order valence-electron chi connectivity index (χ2n) is 7.28. The zero-order valence-electron chi connectivity index (χ0n) is 17.1. The smallest absolute Gasteiger partial charge is 0.420 e. The predicted molar refractivity (Wildman–Crippen MR) is 116 cm³/mol. The molecule has 1 heterocycles. The minimum Gasteiger partial charge on any atom is -0.495 e. The number of nitrogens with zero attached hydrogens (tertiary/aromatic N) is 1. The topological polar surface area (TPSA) is 73.5 Å². The molecule has 0 unspecified atom stereocenters. The quantitative estimate of drug-likeness (QED) is 0.533. The molecule has 6 nitrogen and oxygen atoms in total. The van der Waals surface area contributed by atoms with Gasteiger partial charge in [-0.05, 0) is 55.3 Å². The fourth-order valence-corrected chi connectivity index (χ4v) is 3.34. The standard InChI is InChI=1S/C24H22N2O4/c1-15-4-7-17(8-5-15)14-26-20-13-18(9-11-22(20)30-24(26)28)23(27)25-19-12-16(2)6-10-21(19)29-3/h4-13H,14H2,1-3H3,(H,25,27). The third-order valence-electron chi connectivity index (χ3n) is 4.99. The Morgan fingerprint density at radius 2 is 1.73 bits per heavy atom. The van der Waals surface area contributed by atoms with Crippen LogP contribution in [-0.4, -0.2) is 17.6 Å². The molecular formula is C24H22N2O4. The molecular weight excluding hydrogens is 380 g/mol. The fourth-order valence-electron chi connectivity index (χ4n) is 3.34. The van der Waals surface area contributed by atoms with Crippen LogP contribution in [0.1, 0.15) is 27.0 Å². The van der Waals surface area contributed by atoms with Gasteiger partial charge in [0.2, 0.25) is 0 Å². The number of methoxy groups -OCH3 is 1. The van der Waals surface area contributed by atoms with Crippen LogP contribution in [0.25, 0.3) is 11.1 Å². The summed E-state index contributed by atoms with van der Waals surface area (Å²) in [5, 5.41) is 2.88. The normalized spacial score (nSPS) is 10.9. The van der Waals surface area contributed by atoms with Gasteiger partial charge in [0.05, 0.1) is 24.9 Å². The number of hydrogen-bond acceptors (Lipinski definition) is 4. The van der Waals surface area contributed by atoms with E-state index >= 15 is 0 Å². The van der Waals surface area contributed by atoms with Crippen molar-refractivity contribution >= 4 is 22.7 Å². The van der Waals surface area contributed by atoms with Crippen LogP contribution in [0.3, 0.4) is 0 Å². The number of amides is 1. The Labute approximate surface area is 173 Å². The molecule has 30 heavy (non-hydrogen) atoms. The number of carbonyl (C=O) groups excluding carboxylic acids is 1. The van der Waals surface area contributed by atoms with Crippen LogP contribution in [-0.2, 0) is 6.54 Å². The number of aromatic nitrogens is 1. The molecule has 1 N–H and O–H groups in total. The van der Waals surface area contributed by atoms with Crippen molar-refractivity contribution in [2.75, 3.05) is 12.4 Å². The van der Waals surface area contributed by atoms with Crippen LogP contribution >= 0.6 is 0 Å². The number of aryl methyl sites for hydroxylation is 2. The van der Waals surface area contributed by atoms with Gasteiger partial charge >= 0.3 is 5.76 Å². The monoisotopic (exact) mass is 402 g/mol. The first-order chi connectivity index (χ1) is 14.4. The number of rotatable bonds is 5. The summed E-state index contributed by atoms with van der Waals surface area (Å²) in [7, 11) is 1.56. The summed E-state index contributed by atoms with van der Waals surface area (Å²) in [6.45, 7) is 4.32. The third-order valence-corrected chi connectivity index (χ3v) is 4.99. The SMILES string of the molecule is COc1ccc(C)cc1NC(=O)c1ccc2oc(=O)n(Cc3ccc(C)cc3)c2c1. The van der Waals surface area contributed by atoms with Crippen LogP contribution in [0.15, 0.2) is 69.9 Å². The molecule has 0 bridgehead atoms. The molecule has 0 radical (unpaired) electrons. The van der Waals surface area contributed by atoms with Gasteiger partial charge in [-0.2, -0.15) is 0 Å². The maximum absolute atomic E-state index is 12.9. The molecule has 4 aromatic rings. The van der Waals surface area contributed by atoms with Crippen LogP contribution in [0.2, 0.25) is 0 Å². The van der Waals surface area contributed by atoms with E-state index in [0.29, 0.717) is 34.6 Å². The van der Waals surface area contributed by atoms with E-state index in [1.54, 1.807) is 25.3 Å². The number of ether oxygens (including phenoxy) is 1. The first-order valence-electron chi connectivity index (χ1n) is 9.59. The Balaban J connectivity index is 1.67. The maximum Gasteiger partial charge on any atom is 0.420 e. The van der Waals surface area contributed by atoms with Crippen molar-refractivity contribution in [3.8, 4) is 5.75 Å². The van der Waals surface area contributed by atoms with Gasteiger partial charge in [-0.25, -0.2) is 4.79 Å². The number of nitrogens with one attached hydrogen (secondary N) is 1. The Bertz CT molecular complexity index is 1280. The van der Waals surface area contributed by atoms with Gasteiger partial charge in [-0.15, -0.1) is 0 Å². The molecule has 3 aromatic carbocycles. The second-order valence-corrected chi connectivity index (χ2v) is 7.28. The average molecular weight is 402 g/mol. The van der Waals surface area contributed by atoms with E-state index in [2.05, 4.69) is 5.32 Å². The van der Waals surface area contributed by atoms with Gasteiger partial charge in [-0.3, -0.25) is 9.36 Å². The van der Waals surface area contributed by atoms with E-state index in [0.717, 1.165) is 16.7 Å². The average Bonchev–Trinajstić information content (AvgIpc) is 3.04. The van der Waals surface area contributed by atoms with Gasteiger partial charge in [0.15, 0.2) is 5.58 Å². The molecule has 1 aromatic heterocycles. The van der Waals surface area contributed by atoms with E-state index in [9.17, 15) is 9.59 Å². The molecule has 0 saturated heterocycles. The molecule has 0 saturated carbocycles. The minimum atomic E-state index is -0.455. The van der Waals surface area contributed by atoms with Crippen molar-refractivity contribution in [2.45, 2.75) is 20.4 Å². The zero-order chi connectivity index (χ0) is 21.3. The first-order valence-corrected chi connectivity index (χ1v) is 9.59. The van der Waals surface area contributed by atoms with Gasteiger partial charge in [-0.1, -0.05) is 35.9 Å². The summed E-state index contributed by atoms with van der Waals surface area (Å²) in [5.74, 6) is -0.172. The number of anilines is 1. The Hall–Kier alpha value is -3.80. The molecule has 0 spiro atoms. The summed E-state index contributed by atoms with van der Waals surface area (Å²) in [5.41, 5.74) is 5.15. The molecule has 0 aliphatic carbocycles. The number of benzene rings is 3. The fraction of sp³-hybridized carbons (Fsp3) is 0.167. The van der Waals surface area contributed by atoms with E-state index in [-0.39, 0.29) is 5.91 Å². The van der Waals surface area contributed by atoms with Gasteiger partial charge in [0.1, 0.15) is 5.75 Å². The van der Waals surface area contributed by atoms with Gasteiger partial charge < -0.3 is 14.5 Å². The first kappa shape index (κ1) is 19.5. The zero-order valence-corrected chi connectivity index (χ0v) is 17.1. The summed E-state index contributed by atoms with van der Waals surface area (Å²) >= 11 is 0. The lowest BCUT2D eigenvalue weighted by atomic mass is 10.1. The minimum absolute atomic E-state index is 0.295. The molecule has 1 amide bonds. The summed E-state index contributed by atoms with van der Waals surface area (Å²) in [4.78, 5) is 25.2. The summed E-state index contributed by atoms with van der Waals surface area (Å²) in [6.07, 6.45) is 0. The van der Waals surface area contributed by atoms with Crippen LogP contribution < -0.4 is 15.8 Å². The van der Waals surface area contributed by atoms with Gasteiger partial charge in [0.25, 0.3) is 5.91 Å². The molecule has 4 rings (SSSR count). The molecule has 0 atom stereocenters. The van der Waals surface area contributed by atoms with E-state index < -0.39 is 5.76 Å². The largest absolute Gasteiger partial charge is 0.495 e. The van der Waals surface area contributed by atoms with E-state index in [1.165, 1.54) is 4.57 Å². The highest BCUT2D eigenvalue weighted by Gasteiger charge is 2.15. The van der Waals surface area contributed by atoms with Crippen molar-refractivity contribution in [3.05, 3.63) is 93.5 Å². The number of fused-ring (bicyclic) bond motifs is 1. The second kappa shape index (κ2) is 7.91. The molecule has 0 aliphatic heterocycles. The summed E-state index contributed by atoms with van der Waals surface area (Å²) < 4.78 is 12.2. The van der Waals surface area contributed by atoms with E-state index in [4.69, 9.17) is 9.15 Å². The van der Waals surface area contributed by atoms with Crippen molar-refractivity contribution in [1.29, 1.82) is 0 Å². The van der Waals surface area contributed by atoms with Crippen molar-refractivity contribution in [1.82, 2.24) is 4.57 Å². The number of oxazole rings is 1. The lowest BCUT2D eigenvalue weighted by Gasteiger charge is -2.11. The highest BCUT2D eigenvalue weighted by atomic mass is 16.5. The van der Waals surface area contributed by atoms with Gasteiger partial charge in [0, 0.05) is 5.56 Å². The Kier molecular flexibility index (Phi) is 5.14. The van der Waals surface area contributed by atoms with Crippen LogP contribution in [0.5, 0.6) is 5.75 Å². The highest BCUT2D eigenvalue weighted by Crippen LogP contribution is 2.26. The maximum atomic E-state index is 12.9. The van der Waals surface area contributed by atoms with Crippen molar-refractivity contribution < 1.29 is 13.9 Å². The number of carbonyl (C=O) groups is 1. The third kappa shape index (κ3) is 3.85.